The summed E-state index contributed by atoms with van der Waals surface area (Å²) in [5, 5.41) is 5.93. The Balaban J connectivity index is 2.85. The highest BCUT2D eigenvalue weighted by Crippen LogP contribution is 2.34. The van der Waals surface area contributed by atoms with E-state index in [9.17, 15) is 0 Å². The maximum absolute atomic E-state index is 3.71. The van der Waals surface area contributed by atoms with Crippen molar-refractivity contribution in [3.05, 3.63) is 21.9 Å². The number of nitrogens with one attached hydrogen (secondary N) is 1. The Morgan fingerprint density at radius 3 is 2.24 bits per heavy atom. The summed E-state index contributed by atoms with van der Waals surface area (Å²) in [5.41, 5.74) is 1.46. The molecule has 0 saturated carbocycles. The average molecular weight is 253 g/mol. The predicted molar refractivity (Wildman–Crippen MR) is 78.8 cm³/mol. The molecule has 98 valence electrons. The van der Waals surface area contributed by atoms with Crippen LogP contribution in [0.4, 0.5) is 0 Å². The van der Waals surface area contributed by atoms with Crippen LogP contribution in [-0.2, 0) is 0 Å². The molecule has 0 fully saturated rings. The van der Waals surface area contributed by atoms with Crippen LogP contribution in [0.2, 0.25) is 0 Å². The Morgan fingerprint density at radius 2 is 1.82 bits per heavy atom. The van der Waals surface area contributed by atoms with Gasteiger partial charge in [0.1, 0.15) is 0 Å². The van der Waals surface area contributed by atoms with Crippen molar-refractivity contribution < 1.29 is 0 Å². The fourth-order valence-corrected chi connectivity index (χ4v) is 3.71. The molecule has 0 aromatic carbocycles. The molecule has 0 radical (unpaired) electrons. The summed E-state index contributed by atoms with van der Waals surface area (Å²) in [6.45, 7) is 10.1. The van der Waals surface area contributed by atoms with Crippen molar-refractivity contribution >= 4 is 11.3 Å². The van der Waals surface area contributed by atoms with E-state index in [-0.39, 0.29) is 0 Å². The van der Waals surface area contributed by atoms with Gasteiger partial charge in [0, 0.05) is 10.9 Å². The van der Waals surface area contributed by atoms with Gasteiger partial charge in [-0.25, -0.2) is 0 Å². The van der Waals surface area contributed by atoms with E-state index < -0.39 is 0 Å². The van der Waals surface area contributed by atoms with Gasteiger partial charge in [0.2, 0.25) is 0 Å². The Labute approximate surface area is 111 Å². The van der Waals surface area contributed by atoms with E-state index in [0.717, 1.165) is 12.5 Å². The largest absolute Gasteiger partial charge is 0.309 e. The quantitative estimate of drug-likeness (QED) is 0.693. The van der Waals surface area contributed by atoms with E-state index in [1.165, 1.54) is 31.2 Å². The first-order chi connectivity index (χ1) is 8.24. The first-order valence-electron chi connectivity index (χ1n) is 7.01. The third-order valence-electron chi connectivity index (χ3n) is 3.40. The van der Waals surface area contributed by atoms with Crippen LogP contribution in [0, 0.1) is 12.8 Å². The summed E-state index contributed by atoms with van der Waals surface area (Å²) in [6.07, 6.45) is 5.25. The minimum atomic E-state index is 0.569. The fraction of sp³-hybridized carbons (Fsp3) is 0.733. The van der Waals surface area contributed by atoms with Gasteiger partial charge >= 0.3 is 0 Å². The van der Waals surface area contributed by atoms with Gasteiger partial charge in [0.25, 0.3) is 0 Å². The minimum absolute atomic E-state index is 0.569. The standard InChI is InChI=1S/C15H27NS/c1-5-8-13(9-6-2)14(16-7-3)15-12(4)10-11-17-15/h10-11,13-14,16H,5-9H2,1-4H3. The van der Waals surface area contributed by atoms with Gasteiger partial charge in [0.15, 0.2) is 0 Å². The second kappa shape index (κ2) is 7.88. The number of hydrogen-bond acceptors (Lipinski definition) is 2. The third-order valence-corrected chi connectivity index (χ3v) is 4.50. The maximum Gasteiger partial charge on any atom is 0.0446 e. The molecular weight excluding hydrogens is 226 g/mol. The normalized spacial score (nSPS) is 13.2. The summed E-state index contributed by atoms with van der Waals surface area (Å²) in [6, 6.07) is 2.82. The van der Waals surface area contributed by atoms with Crippen molar-refractivity contribution in [3.63, 3.8) is 0 Å². The van der Waals surface area contributed by atoms with Crippen LogP contribution in [0.1, 0.15) is 62.9 Å². The molecule has 1 aromatic heterocycles. The fourth-order valence-electron chi connectivity index (χ4n) is 2.62. The smallest absolute Gasteiger partial charge is 0.0446 e. The topological polar surface area (TPSA) is 12.0 Å². The summed E-state index contributed by atoms with van der Waals surface area (Å²) < 4.78 is 0. The van der Waals surface area contributed by atoms with Crippen LogP contribution in [0.15, 0.2) is 11.4 Å². The molecule has 0 aliphatic carbocycles. The lowest BCUT2D eigenvalue weighted by molar-refractivity contribution is 0.323. The molecule has 0 aliphatic heterocycles. The summed E-state index contributed by atoms with van der Waals surface area (Å²) in [4.78, 5) is 1.55. The summed E-state index contributed by atoms with van der Waals surface area (Å²) in [5.74, 6) is 0.794. The molecule has 0 spiro atoms. The molecule has 0 amide bonds. The molecule has 1 unspecified atom stereocenters. The van der Waals surface area contributed by atoms with Gasteiger partial charge in [-0.2, -0.15) is 0 Å². The summed E-state index contributed by atoms with van der Waals surface area (Å²) in [7, 11) is 0. The lowest BCUT2D eigenvalue weighted by atomic mass is 9.88. The molecule has 0 bridgehead atoms. The van der Waals surface area contributed by atoms with E-state index in [1.807, 2.05) is 11.3 Å². The van der Waals surface area contributed by atoms with Gasteiger partial charge in [-0.3, -0.25) is 0 Å². The molecule has 17 heavy (non-hydrogen) atoms. The monoisotopic (exact) mass is 253 g/mol. The highest BCUT2D eigenvalue weighted by molar-refractivity contribution is 7.10. The second-order valence-electron chi connectivity index (χ2n) is 4.84. The SMILES string of the molecule is CCCC(CCC)C(NCC)c1sccc1C. The van der Waals surface area contributed by atoms with Gasteiger partial charge in [-0.05, 0) is 49.2 Å². The number of rotatable bonds is 8. The lowest BCUT2D eigenvalue weighted by Crippen LogP contribution is -2.28. The van der Waals surface area contributed by atoms with E-state index in [2.05, 4.69) is 44.5 Å². The molecule has 1 atom stereocenters. The van der Waals surface area contributed by atoms with Crippen LogP contribution in [0.25, 0.3) is 0 Å². The van der Waals surface area contributed by atoms with Gasteiger partial charge in [-0.15, -0.1) is 11.3 Å². The van der Waals surface area contributed by atoms with Crippen LogP contribution < -0.4 is 5.32 Å². The molecule has 1 N–H and O–H groups in total. The average Bonchev–Trinajstić information content (AvgIpc) is 2.72. The Bertz CT molecular complexity index is 300. The zero-order chi connectivity index (χ0) is 12.7. The van der Waals surface area contributed by atoms with Gasteiger partial charge in [-0.1, -0.05) is 33.6 Å². The van der Waals surface area contributed by atoms with Crippen molar-refractivity contribution in [3.8, 4) is 0 Å². The first kappa shape index (κ1) is 14.7. The summed E-state index contributed by atoms with van der Waals surface area (Å²) >= 11 is 1.92. The highest BCUT2D eigenvalue weighted by Gasteiger charge is 2.23. The molecule has 1 heterocycles. The number of hydrogen-bond donors (Lipinski definition) is 1. The second-order valence-corrected chi connectivity index (χ2v) is 5.79. The molecule has 0 saturated heterocycles. The van der Waals surface area contributed by atoms with Crippen LogP contribution >= 0.6 is 11.3 Å². The number of aryl methyl sites for hydroxylation is 1. The molecule has 1 nitrogen and oxygen atoms in total. The third kappa shape index (κ3) is 4.11. The van der Waals surface area contributed by atoms with Crippen LogP contribution in [0.3, 0.4) is 0 Å². The maximum atomic E-state index is 3.71. The molecule has 1 aromatic rings. The zero-order valence-electron chi connectivity index (χ0n) is 11.8. The van der Waals surface area contributed by atoms with Gasteiger partial charge < -0.3 is 5.32 Å². The number of thiophene rings is 1. The van der Waals surface area contributed by atoms with Crippen molar-refractivity contribution in [1.82, 2.24) is 5.32 Å². The molecule has 2 heteroatoms. The van der Waals surface area contributed by atoms with Crippen LogP contribution in [-0.4, -0.2) is 6.54 Å². The lowest BCUT2D eigenvalue weighted by Gasteiger charge is -2.27. The predicted octanol–water partition coefficient (Wildman–Crippen LogP) is 4.92. The van der Waals surface area contributed by atoms with E-state index in [0.29, 0.717) is 6.04 Å². The van der Waals surface area contributed by atoms with Gasteiger partial charge in [0.05, 0.1) is 0 Å². The Morgan fingerprint density at radius 1 is 1.18 bits per heavy atom. The minimum Gasteiger partial charge on any atom is -0.309 e. The molecular formula is C15H27NS. The van der Waals surface area contributed by atoms with Crippen molar-refractivity contribution in [1.29, 1.82) is 0 Å². The molecule has 0 aliphatic rings. The Kier molecular flexibility index (Phi) is 6.83. The molecule has 1 rings (SSSR count). The Hall–Kier alpha value is -0.340. The van der Waals surface area contributed by atoms with E-state index in [1.54, 1.807) is 4.88 Å². The van der Waals surface area contributed by atoms with E-state index >= 15 is 0 Å². The first-order valence-corrected chi connectivity index (χ1v) is 7.89. The zero-order valence-corrected chi connectivity index (χ0v) is 12.6. The van der Waals surface area contributed by atoms with Crippen molar-refractivity contribution in [2.24, 2.45) is 5.92 Å². The van der Waals surface area contributed by atoms with Crippen molar-refractivity contribution in [2.75, 3.05) is 6.54 Å². The highest BCUT2D eigenvalue weighted by atomic mass is 32.1. The van der Waals surface area contributed by atoms with Crippen molar-refractivity contribution in [2.45, 2.75) is 59.4 Å². The van der Waals surface area contributed by atoms with E-state index in [4.69, 9.17) is 0 Å². The van der Waals surface area contributed by atoms with Crippen LogP contribution in [0.5, 0.6) is 0 Å².